The molecule has 0 spiro atoms. The minimum absolute atomic E-state index is 0.387. The number of hydrogen-bond acceptors (Lipinski definition) is 7. The van der Waals surface area contributed by atoms with Crippen molar-refractivity contribution in [2.45, 2.75) is 4.90 Å². The molecule has 0 amide bonds. The van der Waals surface area contributed by atoms with Crippen molar-refractivity contribution in [3.8, 4) is 0 Å². The number of nitrogens with zero attached hydrogens (tertiary/aromatic N) is 2. The van der Waals surface area contributed by atoms with Crippen molar-refractivity contribution in [1.82, 2.24) is 4.37 Å². The van der Waals surface area contributed by atoms with Crippen LogP contribution in [0.2, 0.25) is 0 Å². The second kappa shape index (κ2) is 4.30. The van der Waals surface area contributed by atoms with Crippen LogP contribution in [0, 0.1) is 0 Å². The summed E-state index contributed by atoms with van der Waals surface area (Å²) in [5.74, 6) is -0.907. The average Bonchev–Trinajstić information content (AvgIpc) is 2.65. The number of hydrogen-bond donors (Lipinski definition) is 0. The smallest absolute Gasteiger partial charge is 0.359 e. The van der Waals surface area contributed by atoms with Crippen LogP contribution >= 0.6 is 11.5 Å². The first-order valence-electron chi connectivity index (χ1n) is 3.39. The van der Waals surface area contributed by atoms with Gasteiger partial charge in [-0.3, -0.25) is 0 Å². The number of esters is 1. The average molecular weight is 248 g/mol. The molecule has 0 saturated heterocycles. The topological polar surface area (TPSA) is 103 Å². The molecule has 0 fully saturated rings. The van der Waals surface area contributed by atoms with Gasteiger partial charge in [0.15, 0.2) is 5.69 Å². The Labute approximate surface area is 88.6 Å². The summed E-state index contributed by atoms with van der Waals surface area (Å²) in [7, 11) is -3.12. The fourth-order valence-electron chi connectivity index (χ4n) is 0.743. The lowest BCUT2D eigenvalue weighted by molar-refractivity contribution is 0.0591. The third-order valence-electron chi connectivity index (χ3n) is 1.35. The van der Waals surface area contributed by atoms with Crippen molar-refractivity contribution >= 4 is 33.6 Å². The molecule has 0 aliphatic carbocycles. The van der Waals surface area contributed by atoms with Gasteiger partial charge in [0, 0.05) is 5.38 Å². The highest BCUT2D eigenvalue weighted by atomic mass is 32.2. The lowest BCUT2D eigenvalue weighted by Gasteiger charge is -1.96. The van der Waals surface area contributed by atoms with Gasteiger partial charge in [-0.2, -0.15) is 12.8 Å². The van der Waals surface area contributed by atoms with Crippen molar-refractivity contribution in [3.63, 3.8) is 0 Å². The molecule has 15 heavy (non-hydrogen) atoms. The zero-order chi connectivity index (χ0) is 11.5. The summed E-state index contributed by atoms with van der Waals surface area (Å²) in [6.07, 6.45) is 0.892. The predicted octanol–water partition coefficient (Wildman–Crippen LogP) is -0.0458. The van der Waals surface area contributed by atoms with Gasteiger partial charge in [-0.1, -0.05) is 4.40 Å². The summed E-state index contributed by atoms with van der Waals surface area (Å²) < 4.78 is 33.0. The summed E-state index contributed by atoms with van der Waals surface area (Å²) in [5.41, 5.74) is -0.387. The summed E-state index contributed by atoms with van der Waals surface area (Å²) in [4.78, 5) is 20.5. The standard InChI is InChI=1S/C6H4N2O5S2/c1-13-6(10)5-4(2-14-8-5)15(11,12)7-3-9/h2H,1H3. The van der Waals surface area contributed by atoms with Gasteiger partial charge < -0.3 is 4.74 Å². The van der Waals surface area contributed by atoms with Gasteiger partial charge in [-0.15, -0.1) is 0 Å². The Hall–Kier alpha value is -1.57. The van der Waals surface area contributed by atoms with Crippen LogP contribution in [0.1, 0.15) is 10.5 Å². The van der Waals surface area contributed by atoms with E-state index >= 15 is 0 Å². The van der Waals surface area contributed by atoms with E-state index in [1.165, 1.54) is 0 Å². The molecule has 0 atom stereocenters. The number of ether oxygens (including phenoxy) is 1. The molecule has 0 unspecified atom stereocenters. The second-order valence-electron chi connectivity index (χ2n) is 2.18. The Kier molecular flexibility index (Phi) is 3.30. The number of carbonyl (C=O) groups excluding carboxylic acids is 2. The highest BCUT2D eigenvalue weighted by molar-refractivity contribution is 7.90. The van der Waals surface area contributed by atoms with Gasteiger partial charge in [0.05, 0.1) is 7.11 Å². The van der Waals surface area contributed by atoms with Crippen LogP contribution in [-0.2, 0) is 19.6 Å². The van der Waals surface area contributed by atoms with E-state index in [2.05, 4.69) is 13.5 Å². The Morgan fingerprint density at radius 2 is 2.33 bits per heavy atom. The third-order valence-corrected chi connectivity index (χ3v) is 3.31. The van der Waals surface area contributed by atoms with Crippen molar-refractivity contribution in [1.29, 1.82) is 0 Å². The first kappa shape index (κ1) is 11.5. The highest BCUT2D eigenvalue weighted by Gasteiger charge is 2.25. The maximum atomic E-state index is 11.3. The second-order valence-corrected chi connectivity index (χ2v) is 4.38. The summed E-state index contributed by atoms with van der Waals surface area (Å²) in [5, 5.41) is 1.09. The molecule has 7 nitrogen and oxygen atoms in total. The minimum atomic E-state index is -4.20. The quantitative estimate of drug-likeness (QED) is 0.422. The van der Waals surface area contributed by atoms with Crippen LogP contribution in [0.15, 0.2) is 14.7 Å². The van der Waals surface area contributed by atoms with E-state index in [-0.39, 0.29) is 5.69 Å². The van der Waals surface area contributed by atoms with Crippen molar-refractivity contribution in [2.75, 3.05) is 7.11 Å². The molecular weight excluding hydrogens is 244 g/mol. The van der Waals surface area contributed by atoms with Crippen molar-refractivity contribution in [3.05, 3.63) is 11.1 Å². The molecular formula is C6H4N2O5S2. The molecule has 1 heterocycles. The zero-order valence-corrected chi connectivity index (χ0v) is 8.96. The van der Waals surface area contributed by atoms with Gasteiger partial charge in [0.1, 0.15) is 4.90 Å². The summed E-state index contributed by atoms with van der Waals surface area (Å²) in [6, 6.07) is 0. The monoisotopic (exact) mass is 248 g/mol. The fraction of sp³-hybridized carbons (Fsp3) is 0.167. The van der Waals surface area contributed by atoms with E-state index in [9.17, 15) is 18.0 Å². The van der Waals surface area contributed by atoms with E-state index in [4.69, 9.17) is 0 Å². The lowest BCUT2D eigenvalue weighted by Crippen LogP contribution is -2.07. The van der Waals surface area contributed by atoms with Crippen LogP contribution in [0.3, 0.4) is 0 Å². The van der Waals surface area contributed by atoms with Gasteiger partial charge in [-0.05, 0) is 11.5 Å². The molecule has 0 aliphatic rings. The molecule has 0 aromatic carbocycles. The molecule has 0 radical (unpaired) electrons. The first-order valence-corrected chi connectivity index (χ1v) is 5.67. The van der Waals surface area contributed by atoms with E-state index in [1.807, 2.05) is 0 Å². The summed E-state index contributed by atoms with van der Waals surface area (Å²) >= 11 is 0.743. The number of carbonyl (C=O) groups is 1. The lowest BCUT2D eigenvalue weighted by atomic mass is 10.4. The van der Waals surface area contributed by atoms with E-state index in [0.29, 0.717) is 0 Å². The van der Waals surface area contributed by atoms with Gasteiger partial charge in [-0.25, -0.2) is 9.59 Å². The Bertz CT molecular complexity index is 525. The summed E-state index contributed by atoms with van der Waals surface area (Å²) in [6.45, 7) is 0. The highest BCUT2D eigenvalue weighted by Crippen LogP contribution is 2.19. The van der Waals surface area contributed by atoms with Crippen LogP contribution in [-0.4, -0.2) is 32.0 Å². The maximum absolute atomic E-state index is 11.3. The number of methoxy groups -OCH3 is 1. The third kappa shape index (κ3) is 2.27. The van der Waals surface area contributed by atoms with Crippen molar-refractivity contribution in [2.24, 2.45) is 4.40 Å². The first-order chi connectivity index (χ1) is 7.03. The maximum Gasteiger partial charge on any atom is 0.359 e. The van der Waals surface area contributed by atoms with E-state index in [0.717, 1.165) is 30.1 Å². The molecule has 80 valence electrons. The number of isocyanates is 1. The largest absolute Gasteiger partial charge is 0.464 e. The predicted molar refractivity (Wildman–Crippen MR) is 48.8 cm³/mol. The SMILES string of the molecule is COC(=O)c1nscc1S(=O)(=O)N=C=O. The van der Waals surface area contributed by atoms with E-state index in [1.54, 1.807) is 0 Å². The molecule has 1 aromatic rings. The molecule has 9 heteroatoms. The Morgan fingerprint density at radius 1 is 1.67 bits per heavy atom. The van der Waals surface area contributed by atoms with Gasteiger partial charge in [0.25, 0.3) is 16.1 Å². The van der Waals surface area contributed by atoms with Crippen molar-refractivity contribution < 1.29 is 22.7 Å². The molecule has 0 N–H and O–H groups in total. The Morgan fingerprint density at radius 3 is 2.87 bits per heavy atom. The molecule has 1 rings (SSSR count). The Balaban J connectivity index is 3.34. The number of rotatable bonds is 3. The van der Waals surface area contributed by atoms with Crippen LogP contribution in [0.4, 0.5) is 0 Å². The molecule has 0 aliphatic heterocycles. The number of aromatic nitrogens is 1. The number of sulfonamides is 1. The molecule has 0 saturated carbocycles. The zero-order valence-electron chi connectivity index (χ0n) is 7.33. The van der Waals surface area contributed by atoms with Gasteiger partial charge in [0.2, 0.25) is 0 Å². The van der Waals surface area contributed by atoms with Gasteiger partial charge >= 0.3 is 5.97 Å². The van der Waals surface area contributed by atoms with Crippen LogP contribution < -0.4 is 0 Å². The fourth-order valence-corrected chi connectivity index (χ4v) is 2.52. The van der Waals surface area contributed by atoms with E-state index < -0.39 is 20.9 Å². The van der Waals surface area contributed by atoms with Crippen LogP contribution in [0.25, 0.3) is 0 Å². The molecule has 1 aromatic heterocycles. The van der Waals surface area contributed by atoms with Crippen LogP contribution in [0.5, 0.6) is 0 Å². The minimum Gasteiger partial charge on any atom is -0.464 e. The molecule has 0 bridgehead atoms. The normalized spacial score (nSPS) is 10.5.